The van der Waals surface area contributed by atoms with E-state index in [4.69, 9.17) is 22.9 Å². The zero-order chi connectivity index (χ0) is 19.4. The van der Waals surface area contributed by atoms with E-state index in [1.165, 1.54) is 0 Å². The second-order valence-electron chi connectivity index (χ2n) is 5.14. The number of carbonyl (C=O) groups excluding carboxylic acids is 2. The summed E-state index contributed by atoms with van der Waals surface area (Å²) in [7, 11) is 0. The Bertz CT molecular complexity index is 544. The van der Waals surface area contributed by atoms with Gasteiger partial charge in [-0.15, -0.1) is 0 Å². The number of carbonyl (C=O) groups is 2. The smallest absolute Gasteiger partial charge is 0.273 e. The Morgan fingerprint density at radius 1 is 0.654 bits per heavy atom. The van der Waals surface area contributed by atoms with Crippen LogP contribution in [0.5, 0.6) is 0 Å². The van der Waals surface area contributed by atoms with Crippen LogP contribution < -0.4 is 44.2 Å². The molecule has 0 aliphatic heterocycles. The van der Waals surface area contributed by atoms with Crippen LogP contribution in [-0.2, 0) is 0 Å². The molecule has 0 saturated heterocycles. The molecule has 12 nitrogen and oxygen atoms in total. The lowest BCUT2D eigenvalue weighted by Gasteiger charge is -2.16. The van der Waals surface area contributed by atoms with Crippen LogP contribution >= 0.6 is 0 Å². The number of amides is 2. The molecule has 0 aliphatic rings. The molecule has 0 bridgehead atoms. The molecular formula is C14H28N10O2. The van der Waals surface area contributed by atoms with Crippen molar-refractivity contribution in [3.63, 3.8) is 0 Å². The highest BCUT2D eigenvalue weighted by molar-refractivity contribution is 6.01. The highest BCUT2D eigenvalue weighted by atomic mass is 16.2. The Morgan fingerprint density at radius 2 is 1.00 bits per heavy atom. The fourth-order valence-corrected chi connectivity index (χ4v) is 1.92. The molecule has 0 unspecified atom stereocenters. The standard InChI is InChI=1S/C14H28N10O2/c15-1-5-19-11-9(13(25)21-7-3-17)24-12(20-6-2-16)10(23-11)14(26)22-8-4-18/h1-8,15-18H2,(H,19,23)(H,20,24)(H,21,25)(H,22,26). The lowest BCUT2D eigenvalue weighted by atomic mass is 10.3. The number of aromatic nitrogens is 2. The van der Waals surface area contributed by atoms with Crippen LogP contribution in [0.1, 0.15) is 21.0 Å². The third-order valence-electron chi connectivity index (χ3n) is 3.06. The van der Waals surface area contributed by atoms with Gasteiger partial charge in [-0.3, -0.25) is 9.59 Å². The molecule has 1 rings (SSSR count). The van der Waals surface area contributed by atoms with Crippen LogP contribution in [0, 0.1) is 0 Å². The van der Waals surface area contributed by atoms with Crippen molar-refractivity contribution >= 4 is 23.5 Å². The van der Waals surface area contributed by atoms with E-state index in [1.807, 2.05) is 0 Å². The van der Waals surface area contributed by atoms with Crippen LogP contribution in [0.2, 0.25) is 0 Å². The summed E-state index contributed by atoms with van der Waals surface area (Å²) in [5, 5.41) is 11.1. The van der Waals surface area contributed by atoms with Gasteiger partial charge in [-0.25, -0.2) is 9.97 Å². The third-order valence-corrected chi connectivity index (χ3v) is 3.06. The molecule has 0 spiro atoms. The number of hydrogen-bond acceptors (Lipinski definition) is 10. The minimum Gasteiger partial charge on any atom is -0.367 e. The van der Waals surface area contributed by atoms with Gasteiger partial charge >= 0.3 is 0 Å². The first kappa shape index (κ1) is 21.5. The molecule has 0 aliphatic carbocycles. The normalized spacial score (nSPS) is 10.3. The van der Waals surface area contributed by atoms with Crippen molar-refractivity contribution in [3.8, 4) is 0 Å². The molecule has 0 saturated carbocycles. The predicted molar refractivity (Wildman–Crippen MR) is 99.9 cm³/mol. The topological polar surface area (TPSA) is 212 Å². The monoisotopic (exact) mass is 368 g/mol. The quantitative estimate of drug-likeness (QED) is 0.183. The summed E-state index contributed by atoms with van der Waals surface area (Å²) < 4.78 is 0. The molecule has 2 amide bonds. The van der Waals surface area contributed by atoms with Gasteiger partial charge in [0.25, 0.3) is 11.8 Å². The van der Waals surface area contributed by atoms with Gasteiger partial charge < -0.3 is 44.2 Å². The molecule has 12 N–H and O–H groups in total. The Balaban J connectivity index is 3.28. The summed E-state index contributed by atoms with van der Waals surface area (Å²) in [5.41, 5.74) is 21.9. The molecule has 12 heteroatoms. The van der Waals surface area contributed by atoms with Crippen LogP contribution in [0.3, 0.4) is 0 Å². The summed E-state index contributed by atoms with van der Waals surface area (Å²) >= 11 is 0. The molecule has 1 aromatic rings. The van der Waals surface area contributed by atoms with Crippen LogP contribution in [-0.4, -0.2) is 74.1 Å². The molecule has 26 heavy (non-hydrogen) atoms. The molecule has 0 fully saturated rings. The number of rotatable bonds is 12. The number of hydrogen-bond donors (Lipinski definition) is 8. The van der Waals surface area contributed by atoms with Gasteiger partial charge in [0, 0.05) is 52.4 Å². The SMILES string of the molecule is NCCNC(=O)c1nc(NCCN)c(C(=O)NCCN)nc1NCCN. The van der Waals surface area contributed by atoms with E-state index in [9.17, 15) is 9.59 Å². The number of nitrogens with one attached hydrogen (secondary N) is 4. The summed E-state index contributed by atoms with van der Waals surface area (Å²) in [4.78, 5) is 33.2. The summed E-state index contributed by atoms with van der Waals surface area (Å²) in [6.07, 6.45) is 0. The maximum Gasteiger partial charge on any atom is 0.273 e. The fourth-order valence-electron chi connectivity index (χ4n) is 1.92. The zero-order valence-corrected chi connectivity index (χ0v) is 14.7. The molecule has 1 heterocycles. The van der Waals surface area contributed by atoms with Crippen molar-refractivity contribution in [1.82, 2.24) is 20.6 Å². The van der Waals surface area contributed by atoms with Crippen LogP contribution in [0.15, 0.2) is 0 Å². The first-order chi connectivity index (χ1) is 12.6. The fraction of sp³-hybridized carbons (Fsp3) is 0.571. The number of nitrogens with zero attached hydrogens (tertiary/aromatic N) is 2. The predicted octanol–water partition coefficient (Wildman–Crippen LogP) is -3.41. The van der Waals surface area contributed by atoms with Gasteiger partial charge in [0.1, 0.15) is 0 Å². The van der Waals surface area contributed by atoms with Gasteiger partial charge in [-0.05, 0) is 0 Å². The van der Waals surface area contributed by atoms with Gasteiger partial charge in [-0.1, -0.05) is 0 Å². The van der Waals surface area contributed by atoms with E-state index in [2.05, 4.69) is 31.2 Å². The van der Waals surface area contributed by atoms with Gasteiger partial charge in [0.15, 0.2) is 23.0 Å². The Labute approximate surface area is 151 Å². The van der Waals surface area contributed by atoms with E-state index < -0.39 is 11.8 Å². The molecule has 146 valence electrons. The Hall–Kier alpha value is -2.54. The van der Waals surface area contributed by atoms with Crippen LogP contribution in [0.4, 0.5) is 11.6 Å². The molecule has 0 aromatic carbocycles. The minimum atomic E-state index is -0.466. The highest BCUT2D eigenvalue weighted by Crippen LogP contribution is 2.18. The molecule has 0 atom stereocenters. The van der Waals surface area contributed by atoms with E-state index >= 15 is 0 Å². The first-order valence-electron chi connectivity index (χ1n) is 8.35. The highest BCUT2D eigenvalue weighted by Gasteiger charge is 2.22. The van der Waals surface area contributed by atoms with Gasteiger partial charge in [-0.2, -0.15) is 0 Å². The maximum absolute atomic E-state index is 12.4. The summed E-state index contributed by atoms with van der Waals surface area (Å²) in [6.45, 7) is 2.45. The van der Waals surface area contributed by atoms with Crippen molar-refractivity contribution in [2.24, 2.45) is 22.9 Å². The summed E-state index contributed by atoms with van der Waals surface area (Å²) in [6, 6.07) is 0. The van der Waals surface area contributed by atoms with Crippen molar-refractivity contribution in [1.29, 1.82) is 0 Å². The first-order valence-corrected chi connectivity index (χ1v) is 8.35. The van der Waals surface area contributed by atoms with Crippen molar-refractivity contribution < 1.29 is 9.59 Å². The largest absolute Gasteiger partial charge is 0.367 e. The van der Waals surface area contributed by atoms with Crippen molar-refractivity contribution in [2.45, 2.75) is 0 Å². The number of anilines is 2. The van der Waals surface area contributed by atoms with Gasteiger partial charge in [0.2, 0.25) is 0 Å². The lowest BCUT2D eigenvalue weighted by molar-refractivity contribution is 0.0936. The van der Waals surface area contributed by atoms with Crippen LogP contribution in [0.25, 0.3) is 0 Å². The van der Waals surface area contributed by atoms with Gasteiger partial charge in [0.05, 0.1) is 0 Å². The van der Waals surface area contributed by atoms with E-state index in [1.54, 1.807) is 0 Å². The minimum absolute atomic E-state index is 0.0294. The average Bonchev–Trinajstić information content (AvgIpc) is 2.66. The zero-order valence-electron chi connectivity index (χ0n) is 14.7. The average molecular weight is 368 g/mol. The Kier molecular flexibility index (Phi) is 9.86. The third kappa shape index (κ3) is 6.40. The van der Waals surface area contributed by atoms with E-state index in [-0.39, 0.29) is 49.2 Å². The number of nitrogens with two attached hydrogens (primary N) is 4. The second kappa shape index (κ2) is 11.9. The van der Waals surface area contributed by atoms with E-state index in [0.29, 0.717) is 26.2 Å². The molecular weight excluding hydrogens is 340 g/mol. The van der Waals surface area contributed by atoms with Crippen molar-refractivity contribution in [2.75, 3.05) is 63.0 Å². The van der Waals surface area contributed by atoms with E-state index in [0.717, 1.165) is 0 Å². The summed E-state index contributed by atoms with van der Waals surface area (Å²) in [5.74, 6) is -0.623. The second-order valence-corrected chi connectivity index (χ2v) is 5.14. The lowest BCUT2D eigenvalue weighted by Crippen LogP contribution is -2.34. The Morgan fingerprint density at radius 3 is 1.31 bits per heavy atom. The van der Waals surface area contributed by atoms with Crippen molar-refractivity contribution in [3.05, 3.63) is 11.4 Å². The maximum atomic E-state index is 12.4. The molecule has 0 radical (unpaired) electrons. The molecule has 1 aromatic heterocycles.